The van der Waals surface area contributed by atoms with E-state index in [-0.39, 0.29) is 5.91 Å². The molecule has 0 saturated heterocycles. The van der Waals surface area contributed by atoms with Crippen LogP contribution in [-0.2, 0) is 11.2 Å². The predicted octanol–water partition coefficient (Wildman–Crippen LogP) is 4.22. The second kappa shape index (κ2) is 7.12. The van der Waals surface area contributed by atoms with Crippen LogP contribution < -0.4 is 10.6 Å². The summed E-state index contributed by atoms with van der Waals surface area (Å²) in [6.07, 6.45) is 5.57. The Bertz CT molecular complexity index is 601. The Morgan fingerprint density at radius 1 is 0.909 bits per heavy atom. The Labute approximate surface area is 131 Å². The lowest BCUT2D eigenvalue weighted by atomic mass is 10.1. The van der Waals surface area contributed by atoms with E-state index in [1.54, 1.807) is 0 Å². The first-order valence-electron chi connectivity index (χ1n) is 8.00. The van der Waals surface area contributed by atoms with Gasteiger partial charge in [-0.1, -0.05) is 43.2 Å². The van der Waals surface area contributed by atoms with Crippen molar-refractivity contribution >= 4 is 17.3 Å². The standard InChI is InChI=1S/C19H22N2O/c22-19(14-15-6-2-1-3-7-15)21-18-12-10-17(11-13-18)20-16-8-4-5-9-16/h1-3,6-7,10-13,16,20H,4-5,8-9,14H2,(H,21,22). The summed E-state index contributed by atoms with van der Waals surface area (Å²) >= 11 is 0. The molecule has 1 fully saturated rings. The lowest BCUT2D eigenvalue weighted by molar-refractivity contribution is -0.115. The molecule has 0 aromatic heterocycles. The van der Waals surface area contributed by atoms with Crippen molar-refractivity contribution in [2.24, 2.45) is 0 Å². The van der Waals surface area contributed by atoms with E-state index in [0.29, 0.717) is 12.5 Å². The number of hydrogen-bond acceptors (Lipinski definition) is 2. The average Bonchev–Trinajstić information content (AvgIpc) is 3.03. The highest BCUT2D eigenvalue weighted by molar-refractivity contribution is 5.92. The zero-order valence-corrected chi connectivity index (χ0v) is 12.7. The van der Waals surface area contributed by atoms with Crippen LogP contribution >= 0.6 is 0 Å². The van der Waals surface area contributed by atoms with Gasteiger partial charge in [0, 0.05) is 17.4 Å². The first-order chi connectivity index (χ1) is 10.8. The Kier molecular flexibility index (Phi) is 4.74. The monoisotopic (exact) mass is 294 g/mol. The van der Waals surface area contributed by atoms with E-state index >= 15 is 0 Å². The van der Waals surface area contributed by atoms with Crippen molar-refractivity contribution in [2.75, 3.05) is 10.6 Å². The maximum absolute atomic E-state index is 12.0. The molecule has 0 unspecified atom stereocenters. The van der Waals surface area contributed by atoms with Crippen molar-refractivity contribution in [2.45, 2.75) is 38.1 Å². The molecule has 3 rings (SSSR count). The number of nitrogens with one attached hydrogen (secondary N) is 2. The molecular weight excluding hydrogens is 272 g/mol. The van der Waals surface area contributed by atoms with Gasteiger partial charge in [0.1, 0.15) is 0 Å². The Morgan fingerprint density at radius 3 is 2.23 bits per heavy atom. The highest BCUT2D eigenvalue weighted by Gasteiger charge is 2.14. The molecule has 1 amide bonds. The van der Waals surface area contributed by atoms with Crippen molar-refractivity contribution in [3.05, 3.63) is 60.2 Å². The second-order valence-electron chi connectivity index (χ2n) is 5.91. The van der Waals surface area contributed by atoms with E-state index < -0.39 is 0 Å². The van der Waals surface area contributed by atoms with E-state index in [1.165, 1.54) is 25.7 Å². The molecule has 0 bridgehead atoms. The normalized spacial score (nSPS) is 14.7. The van der Waals surface area contributed by atoms with Crippen LogP contribution in [-0.4, -0.2) is 11.9 Å². The van der Waals surface area contributed by atoms with Crippen LogP contribution in [0.3, 0.4) is 0 Å². The number of hydrogen-bond donors (Lipinski definition) is 2. The summed E-state index contributed by atoms with van der Waals surface area (Å²) in [5.74, 6) is 0.0164. The Morgan fingerprint density at radius 2 is 1.55 bits per heavy atom. The molecule has 2 aromatic rings. The van der Waals surface area contributed by atoms with Gasteiger partial charge in [-0.2, -0.15) is 0 Å². The predicted molar refractivity (Wildman–Crippen MR) is 91.1 cm³/mol. The van der Waals surface area contributed by atoms with E-state index in [4.69, 9.17) is 0 Å². The van der Waals surface area contributed by atoms with E-state index in [9.17, 15) is 4.79 Å². The zero-order chi connectivity index (χ0) is 15.2. The summed E-state index contributed by atoms with van der Waals surface area (Å²) in [5.41, 5.74) is 3.00. The summed E-state index contributed by atoms with van der Waals surface area (Å²) in [6, 6.07) is 18.4. The van der Waals surface area contributed by atoms with Gasteiger partial charge in [0.2, 0.25) is 5.91 Å². The molecule has 1 aliphatic carbocycles. The highest BCUT2D eigenvalue weighted by atomic mass is 16.1. The maximum Gasteiger partial charge on any atom is 0.228 e. The van der Waals surface area contributed by atoms with Crippen LogP contribution in [0.1, 0.15) is 31.2 Å². The first kappa shape index (κ1) is 14.6. The average molecular weight is 294 g/mol. The summed E-state index contributed by atoms with van der Waals surface area (Å²) in [4.78, 5) is 12.0. The minimum atomic E-state index is 0.0164. The van der Waals surface area contributed by atoms with Crippen LogP contribution in [0.4, 0.5) is 11.4 Å². The molecule has 1 aliphatic rings. The number of amides is 1. The van der Waals surface area contributed by atoms with Crippen LogP contribution in [0.25, 0.3) is 0 Å². The minimum Gasteiger partial charge on any atom is -0.382 e. The molecule has 2 N–H and O–H groups in total. The molecule has 0 heterocycles. The third kappa shape index (κ3) is 4.10. The van der Waals surface area contributed by atoms with Crippen molar-refractivity contribution in [3.8, 4) is 0 Å². The van der Waals surface area contributed by atoms with Gasteiger partial charge in [0.15, 0.2) is 0 Å². The van der Waals surface area contributed by atoms with Gasteiger partial charge in [-0.3, -0.25) is 4.79 Å². The summed E-state index contributed by atoms with van der Waals surface area (Å²) < 4.78 is 0. The van der Waals surface area contributed by atoms with Crippen LogP contribution in [0.2, 0.25) is 0 Å². The van der Waals surface area contributed by atoms with Crippen LogP contribution in [0.5, 0.6) is 0 Å². The second-order valence-corrected chi connectivity index (χ2v) is 5.91. The van der Waals surface area contributed by atoms with Gasteiger partial charge in [0.25, 0.3) is 0 Å². The Balaban J connectivity index is 1.53. The molecule has 22 heavy (non-hydrogen) atoms. The summed E-state index contributed by atoms with van der Waals surface area (Å²) in [5, 5.41) is 6.49. The molecule has 2 aromatic carbocycles. The molecule has 1 saturated carbocycles. The fourth-order valence-electron chi connectivity index (χ4n) is 2.94. The SMILES string of the molecule is O=C(Cc1ccccc1)Nc1ccc(NC2CCCC2)cc1. The van der Waals surface area contributed by atoms with Gasteiger partial charge in [0.05, 0.1) is 6.42 Å². The van der Waals surface area contributed by atoms with Gasteiger partial charge in [-0.25, -0.2) is 0 Å². The van der Waals surface area contributed by atoms with Crippen molar-refractivity contribution in [1.82, 2.24) is 0 Å². The fraction of sp³-hybridized carbons (Fsp3) is 0.316. The highest BCUT2D eigenvalue weighted by Crippen LogP contribution is 2.23. The number of benzene rings is 2. The molecule has 0 atom stereocenters. The van der Waals surface area contributed by atoms with E-state index in [2.05, 4.69) is 10.6 Å². The van der Waals surface area contributed by atoms with Gasteiger partial charge in [-0.05, 0) is 42.7 Å². The molecular formula is C19H22N2O. The van der Waals surface area contributed by atoms with E-state index in [1.807, 2.05) is 54.6 Å². The molecule has 3 heteroatoms. The quantitative estimate of drug-likeness (QED) is 0.866. The van der Waals surface area contributed by atoms with Crippen LogP contribution in [0, 0.1) is 0 Å². The van der Waals surface area contributed by atoms with Crippen molar-refractivity contribution < 1.29 is 4.79 Å². The lowest BCUT2D eigenvalue weighted by Crippen LogP contribution is -2.15. The molecule has 114 valence electrons. The molecule has 0 spiro atoms. The van der Waals surface area contributed by atoms with Gasteiger partial charge < -0.3 is 10.6 Å². The third-order valence-corrected chi connectivity index (χ3v) is 4.10. The van der Waals surface area contributed by atoms with Crippen molar-refractivity contribution in [3.63, 3.8) is 0 Å². The largest absolute Gasteiger partial charge is 0.382 e. The third-order valence-electron chi connectivity index (χ3n) is 4.10. The maximum atomic E-state index is 12.0. The van der Waals surface area contributed by atoms with Gasteiger partial charge >= 0.3 is 0 Å². The first-order valence-corrected chi connectivity index (χ1v) is 8.00. The topological polar surface area (TPSA) is 41.1 Å². The number of rotatable bonds is 5. The number of carbonyl (C=O) groups excluding carboxylic acids is 1. The fourth-order valence-corrected chi connectivity index (χ4v) is 2.94. The smallest absolute Gasteiger partial charge is 0.228 e. The minimum absolute atomic E-state index is 0.0164. The van der Waals surface area contributed by atoms with Crippen molar-refractivity contribution in [1.29, 1.82) is 0 Å². The zero-order valence-electron chi connectivity index (χ0n) is 12.7. The van der Waals surface area contributed by atoms with Crippen LogP contribution in [0.15, 0.2) is 54.6 Å². The molecule has 0 aliphatic heterocycles. The molecule has 0 radical (unpaired) electrons. The lowest BCUT2D eigenvalue weighted by Gasteiger charge is -2.14. The number of carbonyl (C=O) groups is 1. The van der Waals surface area contributed by atoms with Gasteiger partial charge in [-0.15, -0.1) is 0 Å². The summed E-state index contributed by atoms with van der Waals surface area (Å²) in [6.45, 7) is 0. The van der Waals surface area contributed by atoms with E-state index in [0.717, 1.165) is 16.9 Å². The number of anilines is 2. The Hall–Kier alpha value is -2.29. The summed E-state index contributed by atoms with van der Waals surface area (Å²) in [7, 11) is 0. The molecule has 3 nitrogen and oxygen atoms in total.